The predicted octanol–water partition coefficient (Wildman–Crippen LogP) is 3.05. The van der Waals surface area contributed by atoms with E-state index < -0.39 is 15.8 Å². The lowest BCUT2D eigenvalue weighted by atomic mass is 9.94. The van der Waals surface area contributed by atoms with Gasteiger partial charge in [-0.25, -0.2) is 13.2 Å². The fraction of sp³-hybridized carbons (Fsp3) is 0.652. The summed E-state index contributed by atoms with van der Waals surface area (Å²) in [7, 11) is -3.69. The molecule has 4 rings (SSSR count). The summed E-state index contributed by atoms with van der Waals surface area (Å²) in [4.78, 5) is 27.4. The highest BCUT2D eigenvalue weighted by molar-refractivity contribution is 7.89. The van der Waals surface area contributed by atoms with Crippen molar-refractivity contribution in [3.63, 3.8) is 0 Å². The van der Waals surface area contributed by atoms with Gasteiger partial charge in [0.15, 0.2) is 5.58 Å². The van der Waals surface area contributed by atoms with Gasteiger partial charge in [-0.2, -0.15) is 4.31 Å². The second-order valence-electron chi connectivity index (χ2n) is 9.50. The van der Waals surface area contributed by atoms with E-state index in [9.17, 15) is 18.0 Å². The molecule has 3 atom stereocenters. The third-order valence-electron chi connectivity index (χ3n) is 6.82. The molecule has 0 radical (unpaired) electrons. The number of oxazole rings is 1. The zero-order valence-electron chi connectivity index (χ0n) is 19.1. The van der Waals surface area contributed by atoms with E-state index in [1.807, 2.05) is 4.90 Å². The first-order chi connectivity index (χ1) is 15.2. The van der Waals surface area contributed by atoms with Crippen LogP contribution in [-0.2, 0) is 21.4 Å². The molecule has 1 aromatic heterocycles. The Morgan fingerprint density at radius 1 is 1.16 bits per heavy atom. The molecule has 0 bridgehead atoms. The SMILES string of the molecule is CC[C@H]1CCCCN1C(=O)Cn1c(=O)oc2cc(S(=O)(=O)N3C[C@H](C)C[C@@H](C)C3)ccc21. The summed E-state index contributed by atoms with van der Waals surface area (Å²) in [6.45, 7) is 7.76. The number of carbonyl (C=O) groups is 1. The van der Waals surface area contributed by atoms with Crippen molar-refractivity contribution in [3.8, 4) is 0 Å². The number of nitrogens with zero attached hydrogens (tertiary/aromatic N) is 3. The van der Waals surface area contributed by atoms with Crippen LogP contribution in [0.3, 0.4) is 0 Å². The van der Waals surface area contributed by atoms with Crippen LogP contribution in [0, 0.1) is 11.8 Å². The van der Waals surface area contributed by atoms with Crippen LogP contribution in [0.25, 0.3) is 11.1 Å². The van der Waals surface area contributed by atoms with Crippen molar-refractivity contribution in [2.75, 3.05) is 19.6 Å². The predicted molar refractivity (Wildman–Crippen MR) is 122 cm³/mol. The third kappa shape index (κ3) is 4.37. The van der Waals surface area contributed by atoms with Gasteiger partial charge in [0.05, 0.1) is 10.4 Å². The van der Waals surface area contributed by atoms with Crippen LogP contribution >= 0.6 is 0 Å². The topological polar surface area (TPSA) is 92.8 Å². The molecule has 32 heavy (non-hydrogen) atoms. The van der Waals surface area contributed by atoms with Crippen molar-refractivity contribution in [3.05, 3.63) is 28.7 Å². The summed E-state index contributed by atoms with van der Waals surface area (Å²) in [6, 6.07) is 4.70. The number of aromatic nitrogens is 1. The van der Waals surface area contributed by atoms with Gasteiger partial charge in [-0.15, -0.1) is 0 Å². The maximum Gasteiger partial charge on any atom is 0.420 e. The maximum atomic E-state index is 13.2. The van der Waals surface area contributed by atoms with Crippen LogP contribution in [-0.4, -0.2) is 53.8 Å². The van der Waals surface area contributed by atoms with Gasteiger partial charge >= 0.3 is 5.76 Å². The summed E-state index contributed by atoms with van der Waals surface area (Å²) in [5.74, 6) is -0.157. The summed E-state index contributed by atoms with van der Waals surface area (Å²) >= 11 is 0. The second kappa shape index (κ2) is 9.02. The molecule has 3 heterocycles. The molecule has 0 N–H and O–H groups in total. The molecule has 8 nitrogen and oxygen atoms in total. The number of fused-ring (bicyclic) bond motifs is 1. The zero-order chi connectivity index (χ0) is 23.0. The minimum atomic E-state index is -3.69. The molecule has 0 saturated carbocycles. The Balaban J connectivity index is 1.60. The van der Waals surface area contributed by atoms with Gasteiger partial charge in [0.25, 0.3) is 0 Å². The Morgan fingerprint density at radius 2 is 1.88 bits per heavy atom. The Bertz CT molecular complexity index is 1140. The number of carbonyl (C=O) groups excluding carboxylic acids is 1. The molecule has 0 unspecified atom stereocenters. The smallest absolute Gasteiger partial charge is 0.408 e. The first-order valence-corrected chi connectivity index (χ1v) is 13.1. The molecule has 0 aliphatic carbocycles. The minimum absolute atomic E-state index is 0.102. The Labute approximate surface area is 189 Å². The highest BCUT2D eigenvalue weighted by Crippen LogP contribution is 2.28. The molecule has 9 heteroatoms. The van der Waals surface area contributed by atoms with Crippen LogP contribution in [0.2, 0.25) is 0 Å². The lowest BCUT2D eigenvalue weighted by Gasteiger charge is -2.35. The number of amides is 1. The van der Waals surface area contributed by atoms with Gasteiger partial charge in [0.1, 0.15) is 6.54 Å². The molecular formula is C23H33N3O5S. The van der Waals surface area contributed by atoms with Crippen molar-refractivity contribution in [1.29, 1.82) is 0 Å². The van der Waals surface area contributed by atoms with E-state index in [1.54, 1.807) is 6.07 Å². The van der Waals surface area contributed by atoms with Crippen molar-refractivity contribution in [1.82, 2.24) is 13.8 Å². The fourth-order valence-corrected chi connectivity index (χ4v) is 6.98. The van der Waals surface area contributed by atoms with Gasteiger partial charge in [-0.1, -0.05) is 20.8 Å². The highest BCUT2D eigenvalue weighted by Gasteiger charge is 2.32. The Morgan fingerprint density at radius 3 is 2.56 bits per heavy atom. The van der Waals surface area contributed by atoms with E-state index in [1.165, 1.54) is 21.0 Å². The lowest BCUT2D eigenvalue weighted by molar-refractivity contribution is -0.135. The second-order valence-corrected chi connectivity index (χ2v) is 11.4. The summed E-state index contributed by atoms with van der Waals surface area (Å²) < 4.78 is 34.6. The van der Waals surface area contributed by atoms with E-state index in [0.717, 1.165) is 32.1 Å². The number of benzene rings is 1. The third-order valence-corrected chi connectivity index (χ3v) is 8.65. The molecule has 2 aliphatic rings. The molecular weight excluding hydrogens is 430 g/mol. The van der Waals surface area contributed by atoms with Crippen molar-refractivity contribution < 1.29 is 17.6 Å². The molecule has 0 spiro atoms. The van der Waals surface area contributed by atoms with Gasteiger partial charge in [-0.05, 0) is 56.1 Å². The lowest BCUT2D eigenvalue weighted by Crippen LogP contribution is -2.45. The quantitative estimate of drug-likeness (QED) is 0.679. The van der Waals surface area contributed by atoms with Crippen LogP contribution in [0.5, 0.6) is 0 Å². The number of hydrogen-bond acceptors (Lipinski definition) is 5. The van der Waals surface area contributed by atoms with E-state index in [0.29, 0.717) is 37.0 Å². The van der Waals surface area contributed by atoms with E-state index in [4.69, 9.17) is 4.42 Å². The van der Waals surface area contributed by atoms with Gasteiger partial charge in [0.2, 0.25) is 15.9 Å². The largest absolute Gasteiger partial charge is 0.420 e. The van der Waals surface area contributed by atoms with Crippen LogP contribution in [0.1, 0.15) is 52.9 Å². The van der Waals surface area contributed by atoms with E-state index in [-0.39, 0.29) is 29.0 Å². The normalized spacial score (nSPS) is 25.3. The molecule has 1 aromatic carbocycles. The Hall–Kier alpha value is -2.13. The standard InChI is InChI=1S/C23H33N3O5S/c1-4-18-7-5-6-10-25(18)22(27)15-26-20-9-8-19(12-21(20)31-23(26)28)32(29,30)24-13-16(2)11-17(3)14-24/h8-9,12,16-18H,4-7,10-11,13-15H2,1-3H3/t16-,17-,18+/m1/s1. The van der Waals surface area contributed by atoms with Crippen molar-refractivity contribution in [2.24, 2.45) is 11.8 Å². The average molecular weight is 464 g/mol. The number of rotatable bonds is 5. The molecule has 2 aromatic rings. The van der Waals surface area contributed by atoms with Gasteiger partial charge < -0.3 is 9.32 Å². The molecule has 176 valence electrons. The Kier molecular flexibility index (Phi) is 6.49. The first kappa shape index (κ1) is 23.0. The number of likely N-dealkylation sites (tertiary alicyclic amines) is 1. The molecule has 1 amide bonds. The van der Waals surface area contributed by atoms with Crippen LogP contribution < -0.4 is 5.76 Å². The minimum Gasteiger partial charge on any atom is -0.408 e. The van der Waals surface area contributed by atoms with Gasteiger partial charge in [-0.3, -0.25) is 9.36 Å². The zero-order valence-corrected chi connectivity index (χ0v) is 19.9. The van der Waals surface area contributed by atoms with E-state index in [2.05, 4.69) is 20.8 Å². The monoisotopic (exact) mass is 463 g/mol. The van der Waals surface area contributed by atoms with Crippen LogP contribution in [0.15, 0.2) is 32.3 Å². The molecule has 2 aliphatic heterocycles. The number of hydrogen-bond donors (Lipinski definition) is 0. The van der Waals surface area contributed by atoms with Crippen molar-refractivity contribution in [2.45, 2.75) is 70.4 Å². The first-order valence-electron chi connectivity index (χ1n) is 11.6. The summed E-state index contributed by atoms with van der Waals surface area (Å²) in [5.41, 5.74) is 0.625. The summed E-state index contributed by atoms with van der Waals surface area (Å²) in [6.07, 6.45) is 4.97. The van der Waals surface area contributed by atoms with E-state index >= 15 is 0 Å². The molecule has 2 fully saturated rings. The fourth-order valence-electron chi connectivity index (χ4n) is 5.29. The highest BCUT2D eigenvalue weighted by atomic mass is 32.2. The number of piperidine rings is 2. The number of sulfonamides is 1. The average Bonchev–Trinajstić information content (AvgIpc) is 3.07. The maximum absolute atomic E-state index is 13.2. The van der Waals surface area contributed by atoms with Crippen LogP contribution in [0.4, 0.5) is 0 Å². The van der Waals surface area contributed by atoms with Gasteiger partial charge in [0, 0.05) is 31.7 Å². The van der Waals surface area contributed by atoms with Crippen molar-refractivity contribution >= 4 is 27.0 Å². The molecule has 2 saturated heterocycles. The summed E-state index contributed by atoms with van der Waals surface area (Å²) in [5, 5.41) is 0.